The summed E-state index contributed by atoms with van der Waals surface area (Å²) in [5, 5.41) is 18.0. The Kier molecular flexibility index (Phi) is 4.97. The van der Waals surface area contributed by atoms with Crippen molar-refractivity contribution in [3.8, 4) is 6.07 Å². The molecule has 0 aliphatic rings. The van der Waals surface area contributed by atoms with Gasteiger partial charge in [-0.05, 0) is 24.6 Å². The number of likely N-dealkylation sites (N-methyl/N-ethyl adjacent to an activating group) is 1. The Morgan fingerprint density at radius 3 is 2.44 bits per heavy atom. The number of nitrogens with zero attached hydrogens (tertiary/aromatic N) is 2. The Labute approximate surface area is 96.9 Å². The monoisotopic (exact) mass is 218 g/mol. The molecular formula is C13H18N2O. The average molecular weight is 218 g/mol. The molecule has 1 aromatic carbocycles. The first-order valence-corrected chi connectivity index (χ1v) is 5.52. The highest BCUT2D eigenvalue weighted by Crippen LogP contribution is 2.18. The summed E-state index contributed by atoms with van der Waals surface area (Å²) in [5.74, 6) is 0. The summed E-state index contributed by atoms with van der Waals surface area (Å²) in [6, 6.07) is 10.0. The van der Waals surface area contributed by atoms with E-state index in [1.165, 1.54) is 5.56 Å². The van der Waals surface area contributed by atoms with Gasteiger partial charge in [0.2, 0.25) is 0 Å². The summed E-state index contributed by atoms with van der Waals surface area (Å²) >= 11 is 0. The van der Waals surface area contributed by atoms with Gasteiger partial charge in [-0.3, -0.25) is 4.90 Å². The minimum atomic E-state index is -0.280. The molecule has 16 heavy (non-hydrogen) atoms. The van der Waals surface area contributed by atoms with Gasteiger partial charge in [0, 0.05) is 6.54 Å². The molecule has 86 valence electrons. The normalized spacial score (nSPS) is 12.4. The highest BCUT2D eigenvalue weighted by atomic mass is 16.3. The Balaban J connectivity index is 2.83. The van der Waals surface area contributed by atoms with Crippen LogP contribution in [-0.2, 0) is 6.42 Å². The molecule has 0 amide bonds. The van der Waals surface area contributed by atoms with Crippen LogP contribution in [0.25, 0.3) is 0 Å². The zero-order valence-corrected chi connectivity index (χ0v) is 9.85. The molecule has 1 atom stereocenters. The Hall–Kier alpha value is -1.37. The second-order valence-corrected chi connectivity index (χ2v) is 3.83. The number of rotatable bonds is 5. The molecule has 0 heterocycles. The zero-order valence-electron chi connectivity index (χ0n) is 9.85. The molecule has 0 bridgehead atoms. The van der Waals surface area contributed by atoms with Crippen LogP contribution in [0.2, 0.25) is 0 Å². The molecule has 0 radical (unpaired) electrons. The number of benzene rings is 1. The van der Waals surface area contributed by atoms with Gasteiger partial charge in [0.1, 0.15) is 6.04 Å². The molecule has 3 nitrogen and oxygen atoms in total. The van der Waals surface area contributed by atoms with Gasteiger partial charge in [-0.2, -0.15) is 5.26 Å². The second-order valence-electron chi connectivity index (χ2n) is 3.83. The predicted molar refractivity (Wildman–Crippen MR) is 63.9 cm³/mol. The maximum Gasteiger partial charge on any atom is 0.123 e. The van der Waals surface area contributed by atoms with Crippen LogP contribution in [-0.4, -0.2) is 30.2 Å². The van der Waals surface area contributed by atoms with Crippen molar-refractivity contribution >= 4 is 0 Å². The summed E-state index contributed by atoms with van der Waals surface area (Å²) in [6.07, 6.45) is 1.00. The van der Waals surface area contributed by atoms with Crippen molar-refractivity contribution in [2.24, 2.45) is 0 Å². The molecular weight excluding hydrogens is 200 g/mol. The van der Waals surface area contributed by atoms with Crippen molar-refractivity contribution in [3.63, 3.8) is 0 Å². The fourth-order valence-electron chi connectivity index (χ4n) is 1.65. The minimum Gasteiger partial charge on any atom is -0.395 e. The lowest BCUT2D eigenvalue weighted by Gasteiger charge is -2.21. The Morgan fingerprint density at radius 2 is 2.00 bits per heavy atom. The number of hydrogen-bond acceptors (Lipinski definition) is 3. The first kappa shape index (κ1) is 12.7. The minimum absolute atomic E-state index is 0.0712. The molecule has 3 heteroatoms. The number of aryl methyl sites for hydroxylation is 1. The summed E-state index contributed by atoms with van der Waals surface area (Å²) < 4.78 is 0. The van der Waals surface area contributed by atoms with Gasteiger partial charge in [0.15, 0.2) is 0 Å². The van der Waals surface area contributed by atoms with Gasteiger partial charge < -0.3 is 5.11 Å². The average Bonchev–Trinajstić information content (AvgIpc) is 2.31. The number of aliphatic hydroxyl groups excluding tert-OH is 1. The molecule has 0 fully saturated rings. The quantitative estimate of drug-likeness (QED) is 0.819. The molecule has 1 aromatic rings. The van der Waals surface area contributed by atoms with E-state index in [9.17, 15) is 0 Å². The second kappa shape index (κ2) is 6.26. The van der Waals surface area contributed by atoms with Crippen LogP contribution < -0.4 is 0 Å². The highest BCUT2D eigenvalue weighted by Gasteiger charge is 2.15. The van der Waals surface area contributed by atoms with E-state index in [-0.39, 0.29) is 12.6 Å². The van der Waals surface area contributed by atoms with E-state index in [4.69, 9.17) is 10.4 Å². The Morgan fingerprint density at radius 1 is 1.38 bits per heavy atom. The third-order valence-electron chi connectivity index (χ3n) is 2.72. The van der Waals surface area contributed by atoms with E-state index < -0.39 is 0 Å². The maximum atomic E-state index is 9.13. The van der Waals surface area contributed by atoms with E-state index in [0.717, 1.165) is 12.0 Å². The topological polar surface area (TPSA) is 47.3 Å². The summed E-state index contributed by atoms with van der Waals surface area (Å²) in [7, 11) is 1.85. The number of hydrogen-bond donors (Lipinski definition) is 1. The lowest BCUT2D eigenvalue weighted by Crippen LogP contribution is -2.26. The molecule has 1 N–H and O–H groups in total. The standard InChI is InChI=1S/C13H18N2O/c1-3-11-4-6-12(7-5-11)13(10-14)15(2)8-9-16/h4-7,13,16H,3,8-9H2,1-2H3. The lowest BCUT2D eigenvalue weighted by atomic mass is 10.0. The lowest BCUT2D eigenvalue weighted by molar-refractivity contribution is 0.203. The summed E-state index contributed by atoms with van der Waals surface area (Å²) in [5.41, 5.74) is 2.25. The van der Waals surface area contributed by atoms with Gasteiger partial charge in [0.25, 0.3) is 0 Å². The van der Waals surface area contributed by atoms with Crippen LogP contribution in [0, 0.1) is 11.3 Å². The smallest absolute Gasteiger partial charge is 0.123 e. The van der Waals surface area contributed by atoms with E-state index >= 15 is 0 Å². The van der Waals surface area contributed by atoms with Crippen LogP contribution >= 0.6 is 0 Å². The zero-order chi connectivity index (χ0) is 12.0. The number of aliphatic hydroxyl groups is 1. The molecule has 0 aromatic heterocycles. The molecule has 1 unspecified atom stereocenters. The molecule has 0 saturated heterocycles. The molecule has 0 saturated carbocycles. The highest BCUT2D eigenvalue weighted by molar-refractivity contribution is 5.28. The van der Waals surface area contributed by atoms with Crippen molar-refractivity contribution < 1.29 is 5.11 Å². The third kappa shape index (κ3) is 3.06. The van der Waals surface area contributed by atoms with Gasteiger partial charge in [-0.1, -0.05) is 31.2 Å². The molecule has 0 aliphatic heterocycles. The first-order valence-electron chi connectivity index (χ1n) is 5.52. The van der Waals surface area contributed by atoms with Crippen LogP contribution in [0.4, 0.5) is 0 Å². The summed E-state index contributed by atoms with van der Waals surface area (Å²) in [4.78, 5) is 1.85. The van der Waals surface area contributed by atoms with Crippen molar-refractivity contribution in [2.75, 3.05) is 20.2 Å². The number of nitriles is 1. The van der Waals surface area contributed by atoms with Crippen LogP contribution in [0.3, 0.4) is 0 Å². The van der Waals surface area contributed by atoms with E-state index in [0.29, 0.717) is 6.54 Å². The summed E-state index contributed by atoms with van der Waals surface area (Å²) in [6.45, 7) is 2.68. The van der Waals surface area contributed by atoms with Crippen LogP contribution in [0.15, 0.2) is 24.3 Å². The Bertz CT molecular complexity index is 353. The van der Waals surface area contributed by atoms with Crippen LogP contribution in [0.5, 0.6) is 0 Å². The molecule has 0 aliphatic carbocycles. The fourth-order valence-corrected chi connectivity index (χ4v) is 1.65. The van der Waals surface area contributed by atoms with E-state index in [1.807, 2.05) is 36.2 Å². The van der Waals surface area contributed by atoms with Gasteiger partial charge in [0.05, 0.1) is 12.7 Å². The van der Waals surface area contributed by atoms with Crippen molar-refractivity contribution in [3.05, 3.63) is 35.4 Å². The SMILES string of the molecule is CCc1ccc(C(C#N)N(C)CCO)cc1. The molecule has 1 rings (SSSR count). The maximum absolute atomic E-state index is 9.13. The molecule has 0 spiro atoms. The van der Waals surface area contributed by atoms with Crippen LogP contribution in [0.1, 0.15) is 24.1 Å². The van der Waals surface area contributed by atoms with Crippen molar-refractivity contribution in [2.45, 2.75) is 19.4 Å². The van der Waals surface area contributed by atoms with Gasteiger partial charge in [-0.25, -0.2) is 0 Å². The van der Waals surface area contributed by atoms with Gasteiger partial charge >= 0.3 is 0 Å². The largest absolute Gasteiger partial charge is 0.395 e. The van der Waals surface area contributed by atoms with Gasteiger partial charge in [-0.15, -0.1) is 0 Å². The third-order valence-corrected chi connectivity index (χ3v) is 2.72. The first-order chi connectivity index (χ1) is 7.72. The van der Waals surface area contributed by atoms with Crippen molar-refractivity contribution in [1.29, 1.82) is 5.26 Å². The van der Waals surface area contributed by atoms with E-state index in [1.54, 1.807) is 0 Å². The van der Waals surface area contributed by atoms with E-state index in [2.05, 4.69) is 13.0 Å². The van der Waals surface area contributed by atoms with Crippen molar-refractivity contribution in [1.82, 2.24) is 4.90 Å². The predicted octanol–water partition coefficient (Wildman–Crippen LogP) is 1.74. The fraction of sp³-hybridized carbons (Fsp3) is 0.462.